The van der Waals surface area contributed by atoms with Gasteiger partial charge in [0.05, 0.1) is 55.4 Å². The smallest absolute Gasteiger partial charge is 0.187 e. The summed E-state index contributed by atoms with van der Waals surface area (Å²) in [6.45, 7) is 7.07. The predicted molar refractivity (Wildman–Crippen MR) is 152 cm³/mol. The Morgan fingerprint density at radius 1 is 0.587 bits per heavy atom. The van der Waals surface area contributed by atoms with Crippen molar-refractivity contribution in [3.8, 4) is 0 Å². The van der Waals surface area contributed by atoms with Gasteiger partial charge in [0, 0.05) is 25.7 Å². The Labute approximate surface area is 267 Å². The monoisotopic (exact) mass is 666 g/mol. The SMILES string of the molecule is CC1O[C@H](O[C@@H]2CO[C@@H](O[C@@H]3C(C)O[C@@H](C)C[C@H]3O)C[C@H]2O)CC[C@@H]1O[C@@H]1O[C@@H](C=O)[C@@H](O[C@@H]2C[C@@H](O)[C@H](O)[C@H](C)O2)[C@H](O)C1O. The molecule has 16 nitrogen and oxygen atoms in total. The quantitative estimate of drug-likeness (QED) is 0.150. The second kappa shape index (κ2) is 15.7. The lowest BCUT2D eigenvalue weighted by atomic mass is 9.98. The topological polar surface area (TPSA) is 222 Å². The number of ether oxygens (including phenoxy) is 9. The zero-order valence-corrected chi connectivity index (χ0v) is 26.6. The summed E-state index contributed by atoms with van der Waals surface area (Å²) in [6.07, 6.45) is -15.3. The van der Waals surface area contributed by atoms with Gasteiger partial charge in [-0.15, -0.1) is 0 Å². The molecule has 5 rings (SSSR count). The maximum Gasteiger partial charge on any atom is 0.187 e. The molecule has 0 aliphatic carbocycles. The molecule has 0 aromatic heterocycles. The molecule has 6 N–H and O–H groups in total. The number of carbonyl (C=O) groups excluding carboxylic acids is 1. The second-order valence-corrected chi connectivity index (χ2v) is 13.1. The van der Waals surface area contributed by atoms with Gasteiger partial charge in [-0.25, -0.2) is 0 Å². The molecule has 0 amide bonds. The molecule has 5 saturated heterocycles. The fourth-order valence-electron chi connectivity index (χ4n) is 6.72. The van der Waals surface area contributed by atoms with E-state index in [1.165, 1.54) is 0 Å². The summed E-state index contributed by atoms with van der Waals surface area (Å²) in [5, 5.41) is 62.8. The minimum atomic E-state index is -1.59. The van der Waals surface area contributed by atoms with Crippen LogP contribution in [0.2, 0.25) is 0 Å². The van der Waals surface area contributed by atoms with Gasteiger partial charge in [-0.05, 0) is 34.1 Å². The van der Waals surface area contributed by atoms with Crippen molar-refractivity contribution in [3.05, 3.63) is 0 Å². The minimum absolute atomic E-state index is 0.0507. The molecule has 0 aromatic rings. The fourth-order valence-corrected chi connectivity index (χ4v) is 6.72. The number of aliphatic hydroxyl groups is 6. The molecule has 46 heavy (non-hydrogen) atoms. The number of hydrogen-bond donors (Lipinski definition) is 6. The molecule has 0 radical (unpaired) electrons. The molecule has 5 heterocycles. The summed E-state index contributed by atoms with van der Waals surface area (Å²) in [6, 6.07) is 0. The van der Waals surface area contributed by atoms with Crippen molar-refractivity contribution in [3.63, 3.8) is 0 Å². The van der Waals surface area contributed by atoms with Crippen LogP contribution < -0.4 is 0 Å². The van der Waals surface area contributed by atoms with E-state index in [4.69, 9.17) is 42.6 Å². The van der Waals surface area contributed by atoms with Crippen LogP contribution in [0.3, 0.4) is 0 Å². The molecule has 0 saturated carbocycles. The van der Waals surface area contributed by atoms with E-state index in [0.717, 1.165) is 0 Å². The molecule has 19 atom stereocenters. The lowest BCUT2D eigenvalue weighted by Gasteiger charge is -2.45. The van der Waals surface area contributed by atoms with Crippen LogP contribution in [0.25, 0.3) is 0 Å². The molecular formula is C30H50O16. The van der Waals surface area contributed by atoms with Gasteiger partial charge in [0.25, 0.3) is 0 Å². The third kappa shape index (κ3) is 8.43. The first-order valence-corrected chi connectivity index (χ1v) is 16.2. The van der Waals surface area contributed by atoms with Crippen LogP contribution in [-0.4, -0.2) is 160 Å². The van der Waals surface area contributed by atoms with E-state index < -0.39 is 105 Å². The second-order valence-electron chi connectivity index (χ2n) is 13.1. The molecule has 5 aliphatic heterocycles. The predicted octanol–water partition coefficient (Wildman–Crippen LogP) is -1.78. The molecule has 16 heteroatoms. The number of carbonyl (C=O) groups is 1. The standard InChI is InChI=1S/C30H50O16/c1-12-7-18(34)28(15(4)39-12)45-23-8-16(32)21(11-38-23)42-22-6-5-19(13(2)40-22)43-30-27(37)26(36)29(20(10-31)44-30)46-24-9-17(33)25(35)14(3)41-24/h10,12-30,32-37H,5-9,11H2,1-4H3/t12-,13?,14-,15?,16+,17+,18+,19-,20-,21+,22+,23-,24+,25+,26+,27?,28+,29+,30+/m0/s1. The van der Waals surface area contributed by atoms with Gasteiger partial charge in [0.15, 0.2) is 31.4 Å². The summed E-state index contributed by atoms with van der Waals surface area (Å²) in [5.74, 6) is 0. The van der Waals surface area contributed by atoms with Crippen molar-refractivity contribution in [1.29, 1.82) is 0 Å². The maximum atomic E-state index is 11.9. The van der Waals surface area contributed by atoms with Crippen LogP contribution in [0.15, 0.2) is 0 Å². The van der Waals surface area contributed by atoms with Gasteiger partial charge >= 0.3 is 0 Å². The van der Waals surface area contributed by atoms with Crippen molar-refractivity contribution < 1.29 is 78.1 Å². The Kier molecular flexibility index (Phi) is 12.4. The Balaban J connectivity index is 1.07. The van der Waals surface area contributed by atoms with Crippen LogP contribution in [0, 0.1) is 0 Å². The van der Waals surface area contributed by atoms with Gasteiger partial charge < -0.3 is 78.1 Å². The van der Waals surface area contributed by atoms with Gasteiger partial charge in [0.2, 0.25) is 0 Å². The number of aldehydes is 1. The third-order valence-corrected chi connectivity index (χ3v) is 9.39. The highest BCUT2D eigenvalue weighted by Crippen LogP contribution is 2.33. The van der Waals surface area contributed by atoms with E-state index in [9.17, 15) is 35.4 Å². The minimum Gasteiger partial charge on any atom is -0.390 e. The fraction of sp³-hybridized carbons (Fsp3) is 0.967. The first-order chi connectivity index (χ1) is 21.8. The van der Waals surface area contributed by atoms with Gasteiger partial charge in [-0.2, -0.15) is 0 Å². The highest BCUT2D eigenvalue weighted by molar-refractivity contribution is 5.57. The number of aliphatic hydroxyl groups excluding tert-OH is 6. The highest BCUT2D eigenvalue weighted by atomic mass is 16.8. The van der Waals surface area contributed by atoms with E-state index in [1.807, 2.05) is 13.8 Å². The molecule has 3 unspecified atom stereocenters. The summed E-state index contributed by atoms with van der Waals surface area (Å²) in [5.41, 5.74) is 0. The molecule has 5 aliphatic rings. The molecule has 5 fully saturated rings. The van der Waals surface area contributed by atoms with E-state index >= 15 is 0 Å². The molecular weight excluding hydrogens is 616 g/mol. The van der Waals surface area contributed by atoms with Crippen LogP contribution in [0.1, 0.15) is 59.8 Å². The largest absolute Gasteiger partial charge is 0.390 e. The molecule has 0 aromatic carbocycles. The molecule has 0 spiro atoms. The van der Waals surface area contributed by atoms with E-state index in [-0.39, 0.29) is 31.7 Å². The Morgan fingerprint density at radius 3 is 1.93 bits per heavy atom. The summed E-state index contributed by atoms with van der Waals surface area (Å²) >= 11 is 0. The average molecular weight is 667 g/mol. The van der Waals surface area contributed by atoms with Crippen LogP contribution in [-0.2, 0) is 47.4 Å². The van der Waals surface area contributed by atoms with Crippen molar-refractivity contribution in [1.82, 2.24) is 0 Å². The van der Waals surface area contributed by atoms with E-state index in [0.29, 0.717) is 25.5 Å². The van der Waals surface area contributed by atoms with Crippen molar-refractivity contribution in [2.75, 3.05) is 6.61 Å². The number of rotatable bonds is 9. The summed E-state index contributed by atoms with van der Waals surface area (Å²) in [7, 11) is 0. The van der Waals surface area contributed by atoms with Crippen LogP contribution in [0.4, 0.5) is 0 Å². The van der Waals surface area contributed by atoms with Crippen LogP contribution >= 0.6 is 0 Å². The molecule has 0 bridgehead atoms. The third-order valence-electron chi connectivity index (χ3n) is 9.39. The summed E-state index contributed by atoms with van der Waals surface area (Å²) < 4.78 is 52.4. The Morgan fingerprint density at radius 2 is 1.28 bits per heavy atom. The van der Waals surface area contributed by atoms with Gasteiger partial charge in [-0.3, -0.25) is 0 Å². The van der Waals surface area contributed by atoms with Crippen LogP contribution in [0.5, 0.6) is 0 Å². The lowest BCUT2D eigenvalue weighted by Crippen LogP contribution is -2.62. The first kappa shape index (κ1) is 36.4. The van der Waals surface area contributed by atoms with Gasteiger partial charge in [0.1, 0.15) is 42.7 Å². The Bertz CT molecular complexity index is 951. The maximum absolute atomic E-state index is 11.9. The van der Waals surface area contributed by atoms with Crippen molar-refractivity contribution in [2.45, 2.75) is 177 Å². The normalized spacial score (nSPS) is 52.3. The zero-order chi connectivity index (χ0) is 33.3. The molecule has 266 valence electrons. The zero-order valence-electron chi connectivity index (χ0n) is 26.6. The van der Waals surface area contributed by atoms with Crippen molar-refractivity contribution >= 4 is 6.29 Å². The first-order valence-electron chi connectivity index (χ1n) is 16.2. The van der Waals surface area contributed by atoms with E-state index in [2.05, 4.69) is 0 Å². The summed E-state index contributed by atoms with van der Waals surface area (Å²) in [4.78, 5) is 11.9. The van der Waals surface area contributed by atoms with Gasteiger partial charge in [-0.1, -0.05) is 0 Å². The number of hydrogen-bond acceptors (Lipinski definition) is 16. The average Bonchev–Trinajstić information content (AvgIpc) is 2.99. The lowest BCUT2D eigenvalue weighted by molar-refractivity contribution is -0.348. The Hall–Kier alpha value is -0.930. The highest BCUT2D eigenvalue weighted by Gasteiger charge is 2.49. The van der Waals surface area contributed by atoms with Crippen molar-refractivity contribution in [2.24, 2.45) is 0 Å². The van der Waals surface area contributed by atoms with E-state index in [1.54, 1.807) is 13.8 Å².